The van der Waals surface area contributed by atoms with Gasteiger partial charge >= 0.3 is 0 Å². The van der Waals surface area contributed by atoms with Gasteiger partial charge in [0.15, 0.2) is 17.2 Å². The van der Waals surface area contributed by atoms with E-state index in [0.717, 1.165) is 16.8 Å². The van der Waals surface area contributed by atoms with Crippen LogP contribution in [-0.4, -0.2) is 36.1 Å². The van der Waals surface area contributed by atoms with E-state index in [2.05, 4.69) is 15.6 Å². The van der Waals surface area contributed by atoms with Crippen molar-refractivity contribution in [2.24, 2.45) is 5.10 Å². The van der Waals surface area contributed by atoms with E-state index in [4.69, 9.17) is 9.47 Å². The van der Waals surface area contributed by atoms with Crippen LogP contribution in [0.2, 0.25) is 0 Å². The van der Waals surface area contributed by atoms with Crippen LogP contribution in [0.15, 0.2) is 52.4 Å². The summed E-state index contributed by atoms with van der Waals surface area (Å²) in [6.07, 6.45) is 1.39. The van der Waals surface area contributed by atoms with E-state index in [9.17, 15) is 19.2 Å². The molecule has 1 N–H and O–H groups in total. The normalized spacial score (nSPS) is 10.6. The molecule has 0 radical (unpaired) electrons. The molecule has 0 saturated heterocycles. The highest BCUT2D eigenvalue weighted by atomic mass is 19.1. The number of nitrogens with one attached hydrogen (secondary N) is 1. The van der Waals surface area contributed by atoms with Gasteiger partial charge in [-0.3, -0.25) is 9.59 Å². The van der Waals surface area contributed by atoms with Crippen molar-refractivity contribution >= 4 is 12.1 Å². The topological polar surface area (TPSA) is 119 Å². The van der Waals surface area contributed by atoms with Gasteiger partial charge in [0, 0.05) is 5.56 Å². The van der Waals surface area contributed by atoms with Crippen LogP contribution in [-0.2, 0) is 0 Å². The average molecular weight is 435 g/mol. The van der Waals surface area contributed by atoms with Crippen molar-refractivity contribution in [3.05, 3.63) is 81.0 Å². The summed E-state index contributed by atoms with van der Waals surface area (Å²) in [4.78, 5) is 25.3. The number of ether oxygens (including phenoxy) is 2. The highest BCUT2D eigenvalue weighted by molar-refractivity contribution is 5.94. The van der Waals surface area contributed by atoms with Crippen LogP contribution in [0.3, 0.4) is 0 Å². The minimum atomic E-state index is -0.730. The first kappa shape index (κ1) is 22.2. The van der Waals surface area contributed by atoms with Gasteiger partial charge in [-0.15, -0.1) is 0 Å². The molecule has 3 rings (SSSR count). The van der Waals surface area contributed by atoms with Crippen molar-refractivity contribution < 1.29 is 18.7 Å². The van der Waals surface area contributed by atoms with Gasteiger partial charge in [-0.05, 0) is 55.0 Å². The van der Waals surface area contributed by atoms with Crippen LogP contribution < -0.4 is 20.5 Å². The zero-order chi connectivity index (χ0) is 23.3. The molecule has 1 heterocycles. The summed E-state index contributed by atoms with van der Waals surface area (Å²) in [5, 5.41) is 17.4. The number of aromatic nitrogens is 2. The third-order valence-corrected chi connectivity index (χ3v) is 4.52. The van der Waals surface area contributed by atoms with Crippen molar-refractivity contribution in [2.45, 2.75) is 6.92 Å². The molecule has 2 aromatic carbocycles. The van der Waals surface area contributed by atoms with Crippen LogP contribution in [0.1, 0.15) is 27.2 Å². The lowest BCUT2D eigenvalue weighted by atomic mass is 10.1. The summed E-state index contributed by atoms with van der Waals surface area (Å²) in [6, 6.07) is 11.8. The molecule has 3 aromatic rings. The van der Waals surface area contributed by atoms with Gasteiger partial charge in [-0.2, -0.15) is 20.1 Å². The first-order valence-electron chi connectivity index (χ1n) is 9.25. The monoisotopic (exact) mass is 435 g/mol. The molecular weight excluding hydrogens is 417 g/mol. The summed E-state index contributed by atoms with van der Waals surface area (Å²) in [5.74, 6) is -0.200. The van der Waals surface area contributed by atoms with E-state index in [-0.39, 0.29) is 22.5 Å². The Kier molecular flexibility index (Phi) is 6.60. The lowest BCUT2D eigenvalue weighted by Gasteiger charge is -2.10. The molecule has 10 heteroatoms. The molecule has 0 aliphatic carbocycles. The molecule has 32 heavy (non-hydrogen) atoms. The molecule has 9 nitrogen and oxygen atoms in total. The molecule has 0 atom stereocenters. The minimum absolute atomic E-state index is 0.106. The second kappa shape index (κ2) is 9.53. The molecule has 1 amide bonds. The quantitative estimate of drug-likeness (QED) is 0.469. The van der Waals surface area contributed by atoms with Crippen LogP contribution in [0.4, 0.5) is 4.39 Å². The molecule has 162 valence electrons. The number of carbonyl (C=O) groups excluding carboxylic acids is 1. The zero-order valence-corrected chi connectivity index (χ0v) is 17.4. The summed E-state index contributed by atoms with van der Waals surface area (Å²) in [5.41, 5.74) is 2.12. The Labute approximate surface area is 182 Å². The fourth-order valence-corrected chi connectivity index (χ4v) is 2.86. The number of carbonyl (C=O) groups is 1. The SMILES string of the molecule is COc1ccc(/C=N/NC(=O)c2nn(-c3ccc(F)cc3)c(=O)c(C#N)c2C)cc1OC. The molecule has 0 saturated carbocycles. The van der Waals surface area contributed by atoms with E-state index in [1.807, 2.05) is 0 Å². The maximum Gasteiger partial charge on any atom is 0.292 e. The Morgan fingerprint density at radius 1 is 1.19 bits per heavy atom. The van der Waals surface area contributed by atoms with Crippen LogP contribution in [0.5, 0.6) is 11.5 Å². The first-order valence-corrected chi connectivity index (χ1v) is 9.25. The minimum Gasteiger partial charge on any atom is -0.493 e. The molecule has 0 aliphatic rings. The fourth-order valence-electron chi connectivity index (χ4n) is 2.86. The zero-order valence-electron chi connectivity index (χ0n) is 17.4. The summed E-state index contributed by atoms with van der Waals surface area (Å²) >= 11 is 0. The predicted molar refractivity (Wildman–Crippen MR) is 114 cm³/mol. The predicted octanol–water partition coefficient (Wildman–Crippen LogP) is 2.33. The second-order valence-corrected chi connectivity index (χ2v) is 6.47. The van der Waals surface area contributed by atoms with Crippen molar-refractivity contribution in [1.29, 1.82) is 5.26 Å². The third-order valence-electron chi connectivity index (χ3n) is 4.52. The van der Waals surface area contributed by atoms with Gasteiger partial charge < -0.3 is 9.47 Å². The van der Waals surface area contributed by atoms with Gasteiger partial charge in [-0.25, -0.2) is 9.82 Å². The number of amides is 1. The van der Waals surface area contributed by atoms with Gasteiger partial charge in [0.05, 0.1) is 26.1 Å². The number of methoxy groups -OCH3 is 2. The third kappa shape index (κ3) is 4.46. The van der Waals surface area contributed by atoms with Gasteiger partial charge in [0.25, 0.3) is 11.5 Å². The molecule has 0 bridgehead atoms. The summed E-state index contributed by atoms with van der Waals surface area (Å²) < 4.78 is 24.5. The molecule has 0 spiro atoms. The number of benzene rings is 2. The van der Waals surface area contributed by atoms with E-state index in [1.165, 1.54) is 39.5 Å². The number of hydrazone groups is 1. The molecular formula is C22H18FN5O4. The number of hydrogen-bond donors (Lipinski definition) is 1. The lowest BCUT2D eigenvalue weighted by molar-refractivity contribution is 0.0947. The highest BCUT2D eigenvalue weighted by Gasteiger charge is 2.20. The molecule has 0 fully saturated rings. The van der Waals surface area contributed by atoms with Gasteiger partial charge in [0.1, 0.15) is 17.4 Å². The van der Waals surface area contributed by atoms with Crippen molar-refractivity contribution in [3.63, 3.8) is 0 Å². The van der Waals surface area contributed by atoms with Crippen molar-refractivity contribution in [2.75, 3.05) is 14.2 Å². The molecule has 0 unspecified atom stereocenters. The van der Waals surface area contributed by atoms with Crippen LogP contribution in [0.25, 0.3) is 5.69 Å². The fraction of sp³-hybridized carbons (Fsp3) is 0.136. The molecule has 1 aromatic heterocycles. The number of hydrogen-bond acceptors (Lipinski definition) is 7. The maximum absolute atomic E-state index is 13.2. The summed E-state index contributed by atoms with van der Waals surface area (Å²) in [6.45, 7) is 1.44. The lowest BCUT2D eigenvalue weighted by Crippen LogP contribution is -2.31. The summed E-state index contributed by atoms with van der Waals surface area (Å²) in [7, 11) is 3.01. The standard InChI is InChI=1S/C22H18FN5O4/c1-13-17(11-24)22(30)28(16-7-5-15(23)6-8-16)27-20(13)21(29)26-25-12-14-4-9-18(31-2)19(10-14)32-3/h4-10,12H,1-3H3,(H,26,29)/b25-12+. The van der Waals surface area contributed by atoms with Crippen molar-refractivity contribution in [3.8, 4) is 23.3 Å². The Morgan fingerprint density at radius 3 is 2.50 bits per heavy atom. The Morgan fingerprint density at radius 2 is 1.88 bits per heavy atom. The first-order chi connectivity index (χ1) is 15.4. The highest BCUT2D eigenvalue weighted by Crippen LogP contribution is 2.26. The number of nitrogens with zero attached hydrogens (tertiary/aromatic N) is 4. The Balaban J connectivity index is 1.92. The Bertz CT molecular complexity index is 1290. The van der Waals surface area contributed by atoms with E-state index >= 15 is 0 Å². The van der Waals surface area contributed by atoms with E-state index in [0.29, 0.717) is 17.1 Å². The smallest absolute Gasteiger partial charge is 0.292 e. The van der Waals surface area contributed by atoms with E-state index < -0.39 is 17.3 Å². The van der Waals surface area contributed by atoms with Gasteiger partial charge in [-0.1, -0.05) is 0 Å². The number of nitriles is 1. The van der Waals surface area contributed by atoms with Crippen LogP contribution >= 0.6 is 0 Å². The number of rotatable bonds is 6. The Hall–Kier alpha value is -4.52. The number of halogens is 1. The largest absolute Gasteiger partial charge is 0.493 e. The maximum atomic E-state index is 13.2. The van der Waals surface area contributed by atoms with Crippen molar-refractivity contribution in [1.82, 2.24) is 15.2 Å². The van der Waals surface area contributed by atoms with Gasteiger partial charge in [0.2, 0.25) is 0 Å². The molecule has 0 aliphatic heterocycles. The second-order valence-electron chi connectivity index (χ2n) is 6.47. The van der Waals surface area contributed by atoms with E-state index in [1.54, 1.807) is 24.3 Å². The van der Waals surface area contributed by atoms with Crippen LogP contribution in [0, 0.1) is 24.1 Å². The average Bonchev–Trinajstić information content (AvgIpc) is 2.80.